The van der Waals surface area contributed by atoms with Crippen molar-refractivity contribution in [3.63, 3.8) is 0 Å². The molecule has 1 N–H and O–H groups in total. The van der Waals surface area contributed by atoms with Crippen LogP contribution in [-0.4, -0.2) is 22.3 Å². The Bertz CT molecular complexity index is 418. The maximum absolute atomic E-state index is 10.00. The fourth-order valence-corrected chi connectivity index (χ4v) is 3.55. The van der Waals surface area contributed by atoms with Crippen LogP contribution in [0.3, 0.4) is 0 Å². The number of aliphatic hydroxyl groups is 1. The topological polar surface area (TPSA) is 42.4 Å². The summed E-state index contributed by atoms with van der Waals surface area (Å²) >= 11 is 3.39. The predicted molar refractivity (Wildman–Crippen MR) is 67.9 cm³/mol. The van der Waals surface area contributed by atoms with E-state index in [1.807, 2.05) is 6.07 Å². The van der Waals surface area contributed by atoms with Crippen molar-refractivity contribution >= 4 is 15.9 Å². The molecule has 92 valence electrons. The first kappa shape index (κ1) is 11.5. The molecule has 2 fully saturated rings. The van der Waals surface area contributed by atoms with Crippen molar-refractivity contribution in [3.8, 4) is 5.75 Å². The standard InChI is InChI=1S/C13H16BrNO2/c14-9-5-10(8-15-7-9)17-12-6-11(16)13(12)3-1-2-4-13/h5,7-8,11-12,16H,1-4,6H2. The molecule has 3 nitrogen and oxygen atoms in total. The number of aliphatic hydroxyl groups excluding tert-OH is 1. The van der Waals surface area contributed by atoms with Crippen LogP contribution in [-0.2, 0) is 0 Å². The molecule has 1 spiro atoms. The van der Waals surface area contributed by atoms with Crippen molar-refractivity contribution in [2.45, 2.75) is 44.3 Å². The molecule has 3 rings (SSSR count). The molecule has 1 aromatic rings. The Morgan fingerprint density at radius 2 is 2.12 bits per heavy atom. The summed E-state index contributed by atoms with van der Waals surface area (Å²) in [4.78, 5) is 4.10. The normalized spacial score (nSPS) is 30.2. The Morgan fingerprint density at radius 3 is 2.76 bits per heavy atom. The number of halogens is 1. The summed E-state index contributed by atoms with van der Waals surface area (Å²) in [5, 5.41) is 10.00. The van der Waals surface area contributed by atoms with Crippen molar-refractivity contribution in [1.29, 1.82) is 0 Å². The second-order valence-electron chi connectivity index (χ2n) is 5.14. The minimum absolute atomic E-state index is 0.0301. The van der Waals surface area contributed by atoms with Crippen LogP contribution in [0.2, 0.25) is 0 Å². The Kier molecular flexibility index (Phi) is 2.87. The van der Waals surface area contributed by atoms with Gasteiger partial charge >= 0.3 is 0 Å². The van der Waals surface area contributed by atoms with Crippen LogP contribution in [0.5, 0.6) is 5.75 Å². The molecule has 2 atom stereocenters. The Labute approximate surface area is 109 Å². The smallest absolute Gasteiger partial charge is 0.139 e. The van der Waals surface area contributed by atoms with Crippen molar-refractivity contribution in [2.75, 3.05) is 0 Å². The molecule has 0 aromatic carbocycles. The Hall–Kier alpha value is -0.610. The third-order valence-corrected chi connectivity index (χ3v) is 4.67. The lowest BCUT2D eigenvalue weighted by atomic mass is 9.62. The Balaban J connectivity index is 1.74. The van der Waals surface area contributed by atoms with Crippen LogP contribution < -0.4 is 4.74 Å². The second-order valence-corrected chi connectivity index (χ2v) is 6.05. The van der Waals surface area contributed by atoms with E-state index in [9.17, 15) is 5.11 Å². The van der Waals surface area contributed by atoms with Gasteiger partial charge in [0.2, 0.25) is 0 Å². The van der Waals surface area contributed by atoms with Crippen LogP contribution in [0.25, 0.3) is 0 Å². The van der Waals surface area contributed by atoms with Crippen molar-refractivity contribution in [1.82, 2.24) is 4.98 Å². The maximum atomic E-state index is 10.00. The molecule has 2 saturated carbocycles. The van der Waals surface area contributed by atoms with Crippen molar-refractivity contribution < 1.29 is 9.84 Å². The summed E-state index contributed by atoms with van der Waals surface area (Å²) in [6.45, 7) is 0. The van der Waals surface area contributed by atoms with Gasteiger partial charge in [0, 0.05) is 22.5 Å². The third kappa shape index (κ3) is 1.87. The first-order chi connectivity index (χ1) is 8.21. The number of nitrogens with zero attached hydrogens (tertiary/aromatic N) is 1. The molecule has 2 unspecified atom stereocenters. The fraction of sp³-hybridized carbons (Fsp3) is 0.615. The van der Waals surface area contributed by atoms with Crippen LogP contribution >= 0.6 is 15.9 Å². The number of hydrogen-bond acceptors (Lipinski definition) is 3. The van der Waals surface area contributed by atoms with Gasteiger partial charge in [-0.3, -0.25) is 4.98 Å². The molecule has 0 saturated heterocycles. The van der Waals surface area contributed by atoms with Gasteiger partial charge in [-0.15, -0.1) is 0 Å². The zero-order valence-corrected chi connectivity index (χ0v) is 11.2. The second kappa shape index (κ2) is 4.25. The average Bonchev–Trinajstić information content (AvgIpc) is 2.80. The quantitative estimate of drug-likeness (QED) is 0.913. The lowest BCUT2D eigenvalue weighted by Gasteiger charge is -2.51. The minimum atomic E-state index is -0.171. The van der Waals surface area contributed by atoms with Gasteiger partial charge in [-0.25, -0.2) is 0 Å². The molecule has 0 bridgehead atoms. The third-order valence-electron chi connectivity index (χ3n) is 4.23. The van der Waals surface area contributed by atoms with Gasteiger partial charge in [-0.05, 0) is 34.8 Å². The van der Waals surface area contributed by atoms with Gasteiger partial charge in [-0.2, -0.15) is 0 Å². The highest BCUT2D eigenvalue weighted by atomic mass is 79.9. The van der Waals surface area contributed by atoms with Gasteiger partial charge in [0.05, 0.1) is 12.3 Å². The highest BCUT2D eigenvalue weighted by molar-refractivity contribution is 9.10. The molecule has 2 aliphatic rings. The van der Waals surface area contributed by atoms with Crippen molar-refractivity contribution in [2.24, 2.45) is 5.41 Å². The summed E-state index contributed by atoms with van der Waals surface area (Å²) < 4.78 is 6.91. The lowest BCUT2D eigenvalue weighted by Crippen LogP contribution is -2.58. The van der Waals surface area contributed by atoms with E-state index in [0.29, 0.717) is 0 Å². The number of ether oxygens (including phenoxy) is 1. The number of hydrogen-bond donors (Lipinski definition) is 1. The summed E-state index contributed by atoms with van der Waals surface area (Å²) in [5.41, 5.74) is 0.0301. The summed E-state index contributed by atoms with van der Waals surface area (Å²) in [5.74, 6) is 0.794. The van der Waals surface area contributed by atoms with Crippen LogP contribution in [0, 0.1) is 5.41 Å². The van der Waals surface area contributed by atoms with E-state index in [2.05, 4.69) is 20.9 Å². The molecule has 2 aliphatic carbocycles. The number of pyridine rings is 1. The highest BCUT2D eigenvalue weighted by Gasteiger charge is 2.57. The molecule has 0 aliphatic heterocycles. The fourth-order valence-electron chi connectivity index (χ4n) is 3.20. The summed E-state index contributed by atoms with van der Waals surface area (Å²) in [6.07, 6.45) is 8.85. The van der Waals surface area contributed by atoms with E-state index in [1.165, 1.54) is 12.8 Å². The molecule has 0 amide bonds. The first-order valence-electron chi connectivity index (χ1n) is 6.16. The van der Waals surface area contributed by atoms with E-state index in [-0.39, 0.29) is 17.6 Å². The zero-order valence-electron chi connectivity index (χ0n) is 9.60. The lowest BCUT2D eigenvalue weighted by molar-refractivity contribution is -0.152. The molecule has 1 heterocycles. The van der Waals surface area contributed by atoms with Gasteiger partial charge in [0.15, 0.2) is 0 Å². The van der Waals surface area contributed by atoms with Crippen LogP contribution in [0.4, 0.5) is 0 Å². The van der Waals surface area contributed by atoms with E-state index < -0.39 is 0 Å². The minimum Gasteiger partial charge on any atom is -0.488 e. The van der Waals surface area contributed by atoms with Gasteiger partial charge in [0.1, 0.15) is 11.9 Å². The average molecular weight is 298 g/mol. The van der Waals surface area contributed by atoms with Crippen LogP contribution in [0.15, 0.2) is 22.9 Å². The molecular weight excluding hydrogens is 282 g/mol. The monoisotopic (exact) mass is 297 g/mol. The molecule has 1 aromatic heterocycles. The van der Waals surface area contributed by atoms with Crippen LogP contribution in [0.1, 0.15) is 32.1 Å². The van der Waals surface area contributed by atoms with E-state index in [0.717, 1.165) is 29.5 Å². The molecule has 0 radical (unpaired) electrons. The SMILES string of the molecule is OC1CC(Oc2cncc(Br)c2)C12CCCC2. The zero-order chi connectivity index (χ0) is 11.9. The summed E-state index contributed by atoms with van der Waals surface area (Å²) in [7, 11) is 0. The molecule has 4 heteroatoms. The maximum Gasteiger partial charge on any atom is 0.139 e. The summed E-state index contributed by atoms with van der Waals surface area (Å²) in [6, 6.07) is 1.93. The van der Waals surface area contributed by atoms with E-state index in [4.69, 9.17) is 4.74 Å². The van der Waals surface area contributed by atoms with E-state index in [1.54, 1.807) is 12.4 Å². The highest BCUT2D eigenvalue weighted by Crippen LogP contribution is 2.54. The van der Waals surface area contributed by atoms with Gasteiger partial charge < -0.3 is 9.84 Å². The van der Waals surface area contributed by atoms with Gasteiger partial charge in [-0.1, -0.05) is 12.8 Å². The number of rotatable bonds is 2. The van der Waals surface area contributed by atoms with Crippen molar-refractivity contribution in [3.05, 3.63) is 22.9 Å². The van der Waals surface area contributed by atoms with Gasteiger partial charge in [0.25, 0.3) is 0 Å². The molecule has 17 heavy (non-hydrogen) atoms. The first-order valence-corrected chi connectivity index (χ1v) is 6.95. The predicted octanol–water partition coefficient (Wildman–Crippen LogP) is 2.92. The Morgan fingerprint density at radius 1 is 1.35 bits per heavy atom. The van der Waals surface area contributed by atoms with E-state index >= 15 is 0 Å². The number of aromatic nitrogens is 1. The molecular formula is C13H16BrNO2. The largest absolute Gasteiger partial charge is 0.488 e.